The number of aromatic nitrogens is 1. The number of fused-ring (bicyclic) bond motifs is 1. The SMILES string of the molecule is CCn1c(C)cc2cc(NC(=O)C3CCCCCN3C)ccc21. The van der Waals surface area contributed by atoms with Gasteiger partial charge in [0.25, 0.3) is 0 Å². The van der Waals surface area contributed by atoms with Crippen molar-refractivity contribution in [3.63, 3.8) is 0 Å². The monoisotopic (exact) mass is 313 g/mol. The molecule has 0 radical (unpaired) electrons. The molecule has 124 valence electrons. The zero-order valence-electron chi connectivity index (χ0n) is 14.4. The van der Waals surface area contributed by atoms with Crippen LogP contribution in [0.4, 0.5) is 5.69 Å². The summed E-state index contributed by atoms with van der Waals surface area (Å²) in [7, 11) is 2.06. The van der Waals surface area contributed by atoms with Crippen LogP contribution in [0.1, 0.15) is 38.3 Å². The molecule has 1 saturated heterocycles. The van der Waals surface area contributed by atoms with Crippen LogP contribution in [0.25, 0.3) is 10.9 Å². The lowest BCUT2D eigenvalue weighted by atomic mass is 10.1. The number of amides is 1. The van der Waals surface area contributed by atoms with E-state index in [4.69, 9.17) is 0 Å². The van der Waals surface area contributed by atoms with Gasteiger partial charge in [0.2, 0.25) is 5.91 Å². The van der Waals surface area contributed by atoms with Gasteiger partial charge in [-0.05, 0) is 64.5 Å². The highest BCUT2D eigenvalue weighted by Gasteiger charge is 2.24. The number of carbonyl (C=O) groups excluding carboxylic acids is 1. The van der Waals surface area contributed by atoms with Crippen LogP contribution in [0.3, 0.4) is 0 Å². The van der Waals surface area contributed by atoms with Crippen molar-refractivity contribution in [1.29, 1.82) is 0 Å². The third-order valence-electron chi connectivity index (χ3n) is 5.02. The molecule has 2 aromatic rings. The molecule has 3 rings (SSSR count). The van der Waals surface area contributed by atoms with E-state index in [0.717, 1.165) is 31.6 Å². The van der Waals surface area contributed by atoms with E-state index in [2.05, 4.69) is 53.9 Å². The second-order valence-electron chi connectivity index (χ2n) is 6.64. The van der Waals surface area contributed by atoms with Crippen molar-refractivity contribution < 1.29 is 4.79 Å². The zero-order valence-corrected chi connectivity index (χ0v) is 14.4. The summed E-state index contributed by atoms with van der Waals surface area (Å²) in [4.78, 5) is 14.8. The molecule has 1 unspecified atom stereocenters. The van der Waals surface area contributed by atoms with Gasteiger partial charge in [-0.1, -0.05) is 12.8 Å². The molecule has 2 heterocycles. The molecule has 4 nitrogen and oxygen atoms in total. The minimum atomic E-state index is -0.00447. The fraction of sp³-hybridized carbons (Fsp3) is 0.526. The second-order valence-corrected chi connectivity index (χ2v) is 6.64. The first-order valence-electron chi connectivity index (χ1n) is 8.71. The van der Waals surface area contributed by atoms with Crippen molar-refractivity contribution in [3.8, 4) is 0 Å². The van der Waals surface area contributed by atoms with Crippen LogP contribution < -0.4 is 5.32 Å². The van der Waals surface area contributed by atoms with Gasteiger partial charge in [-0.3, -0.25) is 9.69 Å². The number of nitrogens with zero attached hydrogens (tertiary/aromatic N) is 2. The van der Waals surface area contributed by atoms with Gasteiger partial charge in [-0.25, -0.2) is 0 Å². The van der Waals surface area contributed by atoms with Gasteiger partial charge in [-0.15, -0.1) is 0 Å². The third-order valence-corrected chi connectivity index (χ3v) is 5.02. The Bertz CT molecular complexity index is 704. The average Bonchev–Trinajstić information content (AvgIpc) is 2.68. The standard InChI is InChI=1S/C19H27N3O/c1-4-22-14(2)12-15-13-16(9-10-17(15)22)20-19(23)18-8-6-5-7-11-21(18)3/h9-10,12-13,18H,4-8,11H2,1-3H3,(H,20,23). The van der Waals surface area contributed by atoms with Crippen LogP contribution in [0.2, 0.25) is 0 Å². The summed E-state index contributed by atoms with van der Waals surface area (Å²) in [6.07, 6.45) is 4.51. The molecule has 1 aliphatic heterocycles. The fourth-order valence-electron chi connectivity index (χ4n) is 3.72. The number of benzene rings is 1. The first-order valence-corrected chi connectivity index (χ1v) is 8.71. The van der Waals surface area contributed by atoms with Gasteiger partial charge in [0.1, 0.15) is 0 Å². The molecule has 4 heteroatoms. The minimum absolute atomic E-state index is 0.00447. The van der Waals surface area contributed by atoms with Crippen LogP contribution in [0.15, 0.2) is 24.3 Å². The van der Waals surface area contributed by atoms with Gasteiger partial charge in [0.05, 0.1) is 6.04 Å². The molecule has 1 aliphatic rings. The Hall–Kier alpha value is -1.81. The molecule has 0 aliphatic carbocycles. The number of likely N-dealkylation sites (tertiary alicyclic amines) is 1. The Kier molecular flexibility index (Phi) is 4.71. The van der Waals surface area contributed by atoms with Crippen molar-refractivity contribution in [3.05, 3.63) is 30.0 Å². The maximum atomic E-state index is 12.6. The largest absolute Gasteiger partial charge is 0.345 e. The summed E-state index contributed by atoms with van der Waals surface area (Å²) < 4.78 is 2.29. The molecular weight excluding hydrogens is 286 g/mol. The van der Waals surface area contributed by atoms with Gasteiger partial charge in [0, 0.05) is 28.8 Å². The maximum absolute atomic E-state index is 12.6. The van der Waals surface area contributed by atoms with E-state index in [1.165, 1.54) is 29.4 Å². The first-order chi connectivity index (χ1) is 11.1. The Morgan fingerprint density at radius 1 is 1.26 bits per heavy atom. The topological polar surface area (TPSA) is 37.3 Å². The molecule has 1 amide bonds. The van der Waals surface area contributed by atoms with Crippen LogP contribution in [-0.4, -0.2) is 35.0 Å². The molecule has 1 aromatic heterocycles. The highest BCUT2D eigenvalue weighted by atomic mass is 16.2. The van der Waals surface area contributed by atoms with E-state index < -0.39 is 0 Å². The van der Waals surface area contributed by atoms with Crippen LogP contribution in [-0.2, 0) is 11.3 Å². The number of rotatable bonds is 3. The fourth-order valence-corrected chi connectivity index (χ4v) is 3.72. The number of hydrogen-bond acceptors (Lipinski definition) is 2. The van der Waals surface area contributed by atoms with Gasteiger partial charge < -0.3 is 9.88 Å². The molecule has 0 bridgehead atoms. The number of carbonyl (C=O) groups is 1. The summed E-state index contributed by atoms with van der Waals surface area (Å²) in [6.45, 7) is 6.26. The second kappa shape index (κ2) is 6.75. The molecule has 1 aromatic carbocycles. The van der Waals surface area contributed by atoms with Gasteiger partial charge >= 0.3 is 0 Å². The highest BCUT2D eigenvalue weighted by Crippen LogP contribution is 2.24. The summed E-state index contributed by atoms with van der Waals surface area (Å²) in [5.74, 6) is 0.125. The van der Waals surface area contributed by atoms with Crippen molar-refractivity contribution in [1.82, 2.24) is 9.47 Å². The summed E-state index contributed by atoms with van der Waals surface area (Å²) in [5.41, 5.74) is 3.39. The van der Waals surface area contributed by atoms with Crippen LogP contribution >= 0.6 is 0 Å². The number of aryl methyl sites for hydroxylation is 2. The number of likely N-dealkylation sites (N-methyl/N-ethyl adjacent to an activating group) is 1. The van der Waals surface area contributed by atoms with E-state index in [0.29, 0.717) is 0 Å². The van der Waals surface area contributed by atoms with E-state index in [9.17, 15) is 4.79 Å². The molecule has 1 atom stereocenters. The predicted octanol–water partition coefficient (Wildman–Crippen LogP) is 3.78. The van der Waals surface area contributed by atoms with Crippen molar-refractivity contribution in [2.24, 2.45) is 0 Å². The minimum Gasteiger partial charge on any atom is -0.345 e. The molecular formula is C19H27N3O. The third kappa shape index (κ3) is 3.27. The molecule has 1 N–H and O–H groups in total. The Morgan fingerprint density at radius 3 is 2.87 bits per heavy atom. The maximum Gasteiger partial charge on any atom is 0.241 e. The summed E-state index contributed by atoms with van der Waals surface area (Å²) in [5, 5.41) is 4.31. The van der Waals surface area contributed by atoms with Crippen LogP contribution in [0, 0.1) is 6.92 Å². The average molecular weight is 313 g/mol. The number of anilines is 1. The summed E-state index contributed by atoms with van der Waals surface area (Å²) in [6, 6.07) is 8.39. The first kappa shape index (κ1) is 16.1. The smallest absolute Gasteiger partial charge is 0.241 e. The number of hydrogen-bond donors (Lipinski definition) is 1. The lowest BCUT2D eigenvalue weighted by Crippen LogP contribution is -2.41. The van der Waals surface area contributed by atoms with Crippen molar-refractivity contribution in [2.75, 3.05) is 18.9 Å². The van der Waals surface area contributed by atoms with Crippen molar-refractivity contribution >= 4 is 22.5 Å². The zero-order chi connectivity index (χ0) is 16.4. The van der Waals surface area contributed by atoms with Gasteiger partial charge in [-0.2, -0.15) is 0 Å². The van der Waals surface area contributed by atoms with Crippen molar-refractivity contribution in [2.45, 2.75) is 52.1 Å². The Balaban J connectivity index is 1.79. The van der Waals surface area contributed by atoms with E-state index in [1.54, 1.807) is 0 Å². The molecule has 23 heavy (non-hydrogen) atoms. The molecule has 1 fully saturated rings. The van der Waals surface area contributed by atoms with E-state index in [-0.39, 0.29) is 11.9 Å². The highest BCUT2D eigenvalue weighted by molar-refractivity contribution is 5.97. The number of nitrogens with one attached hydrogen (secondary N) is 1. The molecule has 0 spiro atoms. The lowest BCUT2D eigenvalue weighted by molar-refractivity contribution is -0.120. The van der Waals surface area contributed by atoms with Crippen LogP contribution in [0.5, 0.6) is 0 Å². The normalized spacial score (nSPS) is 19.7. The lowest BCUT2D eigenvalue weighted by Gasteiger charge is -2.24. The quantitative estimate of drug-likeness (QED) is 0.936. The summed E-state index contributed by atoms with van der Waals surface area (Å²) >= 11 is 0. The molecule has 0 saturated carbocycles. The van der Waals surface area contributed by atoms with Gasteiger partial charge in [0.15, 0.2) is 0 Å². The van der Waals surface area contributed by atoms with E-state index >= 15 is 0 Å². The predicted molar refractivity (Wildman–Crippen MR) is 95.9 cm³/mol. The Labute approximate surface area is 138 Å². The Morgan fingerprint density at radius 2 is 2.09 bits per heavy atom. The van der Waals surface area contributed by atoms with E-state index in [1.807, 2.05) is 6.07 Å².